The third kappa shape index (κ3) is 3.05. The molecule has 1 saturated heterocycles. The van der Waals surface area contributed by atoms with Crippen LogP contribution in [0.5, 0.6) is 0 Å². The van der Waals surface area contributed by atoms with Gasteiger partial charge in [-0.25, -0.2) is 15.0 Å². The second kappa shape index (κ2) is 6.09. The van der Waals surface area contributed by atoms with Crippen molar-refractivity contribution in [3.8, 4) is 0 Å². The molecule has 0 aliphatic carbocycles. The summed E-state index contributed by atoms with van der Waals surface area (Å²) in [6, 6.07) is 5.80. The topological polar surface area (TPSA) is 71.0 Å². The van der Waals surface area contributed by atoms with Crippen molar-refractivity contribution in [2.75, 3.05) is 18.4 Å². The molecule has 3 heterocycles. The Morgan fingerprint density at radius 2 is 2.18 bits per heavy atom. The van der Waals surface area contributed by atoms with Crippen LogP contribution in [0.1, 0.15) is 30.5 Å². The molecular weight excluding hydrogens is 278 g/mol. The van der Waals surface area contributed by atoms with E-state index in [9.17, 15) is 4.79 Å². The van der Waals surface area contributed by atoms with E-state index in [1.165, 1.54) is 0 Å². The van der Waals surface area contributed by atoms with Crippen LogP contribution in [0.25, 0.3) is 0 Å². The molecule has 3 rings (SSSR count). The van der Waals surface area contributed by atoms with Gasteiger partial charge >= 0.3 is 0 Å². The Balaban J connectivity index is 1.76. The van der Waals surface area contributed by atoms with Gasteiger partial charge in [0.2, 0.25) is 11.9 Å². The van der Waals surface area contributed by atoms with Crippen molar-refractivity contribution >= 4 is 17.7 Å². The Hall–Kier alpha value is -2.50. The van der Waals surface area contributed by atoms with Gasteiger partial charge in [0.05, 0.1) is 5.69 Å². The molecule has 2 aromatic heterocycles. The zero-order valence-corrected chi connectivity index (χ0v) is 12.8. The van der Waals surface area contributed by atoms with Crippen molar-refractivity contribution in [1.29, 1.82) is 0 Å². The lowest BCUT2D eigenvalue weighted by Gasteiger charge is -2.14. The molecule has 1 N–H and O–H groups in total. The molecule has 0 aromatic carbocycles. The van der Waals surface area contributed by atoms with E-state index in [-0.39, 0.29) is 11.8 Å². The molecule has 114 valence electrons. The Morgan fingerprint density at radius 1 is 1.32 bits per heavy atom. The Morgan fingerprint density at radius 3 is 2.91 bits per heavy atom. The normalized spacial score (nSPS) is 17.5. The van der Waals surface area contributed by atoms with Gasteiger partial charge in [0, 0.05) is 38.3 Å². The first-order valence-electron chi connectivity index (χ1n) is 7.40. The lowest BCUT2D eigenvalue weighted by atomic mass is 10.1. The first-order valence-corrected chi connectivity index (χ1v) is 7.40. The van der Waals surface area contributed by atoms with Gasteiger partial charge in [-0.15, -0.1) is 0 Å². The molecule has 1 aliphatic rings. The van der Waals surface area contributed by atoms with Crippen molar-refractivity contribution in [2.45, 2.75) is 26.2 Å². The van der Waals surface area contributed by atoms with Crippen LogP contribution in [0.2, 0.25) is 0 Å². The van der Waals surface area contributed by atoms with E-state index in [1.54, 1.807) is 19.3 Å². The third-order valence-corrected chi connectivity index (χ3v) is 3.97. The van der Waals surface area contributed by atoms with Gasteiger partial charge < -0.3 is 10.2 Å². The summed E-state index contributed by atoms with van der Waals surface area (Å²) < 4.78 is 0. The summed E-state index contributed by atoms with van der Waals surface area (Å²) in [5.74, 6) is 1.70. The molecule has 22 heavy (non-hydrogen) atoms. The molecule has 6 nitrogen and oxygen atoms in total. The summed E-state index contributed by atoms with van der Waals surface area (Å²) in [6.07, 6.45) is 4.43. The maximum atomic E-state index is 11.4. The maximum absolute atomic E-state index is 11.4. The SMILES string of the molecule is CC(=O)N1CC[C@@H](c2ccnc(Nc3ncccc3C)n2)C1. The lowest BCUT2D eigenvalue weighted by molar-refractivity contribution is -0.127. The molecule has 2 aromatic rings. The van der Waals surface area contributed by atoms with Crippen LogP contribution in [-0.2, 0) is 4.79 Å². The number of rotatable bonds is 3. The van der Waals surface area contributed by atoms with Gasteiger partial charge in [-0.05, 0) is 31.0 Å². The molecule has 6 heteroatoms. The van der Waals surface area contributed by atoms with Crippen molar-refractivity contribution < 1.29 is 4.79 Å². The van der Waals surface area contributed by atoms with Crippen LogP contribution < -0.4 is 5.32 Å². The number of anilines is 2. The van der Waals surface area contributed by atoms with E-state index < -0.39 is 0 Å². The van der Waals surface area contributed by atoms with Gasteiger partial charge in [0.15, 0.2) is 0 Å². The zero-order valence-electron chi connectivity index (χ0n) is 12.8. The summed E-state index contributed by atoms with van der Waals surface area (Å²) in [7, 11) is 0. The zero-order chi connectivity index (χ0) is 15.5. The summed E-state index contributed by atoms with van der Waals surface area (Å²) in [5.41, 5.74) is 2.01. The molecule has 0 bridgehead atoms. The van der Waals surface area contributed by atoms with Gasteiger partial charge in [0.25, 0.3) is 0 Å². The number of nitrogens with zero attached hydrogens (tertiary/aromatic N) is 4. The van der Waals surface area contributed by atoms with E-state index in [0.29, 0.717) is 5.95 Å². The van der Waals surface area contributed by atoms with Crippen LogP contribution in [0.15, 0.2) is 30.6 Å². The maximum Gasteiger partial charge on any atom is 0.228 e. The predicted molar refractivity (Wildman–Crippen MR) is 83.9 cm³/mol. The lowest BCUT2D eigenvalue weighted by Crippen LogP contribution is -2.25. The summed E-state index contributed by atoms with van der Waals surface area (Å²) in [5, 5.41) is 3.16. The van der Waals surface area contributed by atoms with Gasteiger partial charge in [-0.3, -0.25) is 4.79 Å². The molecule has 0 spiro atoms. The number of aromatic nitrogens is 3. The number of aryl methyl sites for hydroxylation is 1. The highest BCUT2D eigenvalue weighted by molar-refractivity contribution is 5.73. The minimum absolute atomic E-state index is 0.124. The molecule has 1 fully saturated rings. The summed E-state index contributed by atoms with van der Waals surface area (Å²) >= 11 is 0. The van der Waals surface area contributed by atoms with Crippen molar-refractivity contribution in [2.24, 2.45) is 0 Å². The van der Waals surface area contributed by atoms with Crippen molar-refractivity contribution in [3.63, 3.8) is 0 Å². The molecule has 0 radical (unpaired) electrons. The average Bonchev–Trinajstić information content (AvgIpc) is 3.00. The second-order valence-electron chi connectivity index (χ2n) is 5.55. The van der Waals surface area contributed by atoms with E-state index in [2.05, 4.69) is 20.3 Å². The van der Waals surface area contributed by atoms with Crippen LogP contribution in [0, 0.1) is 6.92 Å². The fraction of sp³-hybridized carbons (Fsp3) is 0.375. The number of hydrogen-bond donors (Lipinski definition) is 1. The second-order valence-corrected chi connectivity index (χ2v) is 5.55. The average molecular weight is 297 g/mol. The number of carbonyl (C=O) groups is 1. The molecule has 1 aliphatic heterocycles. The molecule has 0 saturated carbocycles. The highest BCUT2D eigenvalue weighted by Gasteiger charge is 2.26. The monoisotopic (exact) mass is 297 g/mol. The Kier molecular flexibility index (Phi) is 4.00. The smallest absolute Gasteiger partial charge is 0.228 e. The third-order valence-electron chi connectivity index (χ3n) is 3.97. The number of likely N-dealkylation sites (tertiary alicyclic amines) is 1. The van der Waals surface area contributed by atoms with E-state index in [0.717, 1.165) is 36.6 Å². The van der Waals surface area contributed by atoms with Crippen LogP contribution in [-0.4, -0.2) is 38.8 Å². The standard InChI is InChI=1S/C16H19N5O/c1-11-4-3-7-17-15(11)20-16-18-8-5-14(19-16)13-6-9-21(10-13)12(2)22/h3-5,7-8,13H,6,9-10H2,1-2H3,(H,17,18,19,20)/t13-/m1/s1. The van der Waals surface area contributed by atoms with Gasteiger partial charge in [0.1, 0.15) is 5.82 Å². The Bertz CT molecular complexity index is 688. The number of hydrogen-bond acceptors (Lipinski definition) is 5. The molecular formula is C16H19N5O. The number of pyridine rings is 1. The summed E-state index contributed by atoms with van der Waals surface area (Å²) in [4.78, 5) is 26.4. The molecule has 0 unspecified atom stereocenters. The van der Waals surface area contributed by atoms with Gasteiger partial charge in [-0.2, -0.15) is 0 Å². The largest absolute Gasteiger partial charge is 0.342 e. The van der Waals surface area contributed by atoms with Crippen LogP contribution in [0.3, 0.4) is 0 Å². The van der Waals surface area contributed by atoms with Crippen molar-refractivity contribution in [3.05, 3.63) is 41.9 Å². The fourth-order valence-electron chi connectivity index (χ4n) is 2.67. The number of carbonyl (C=O) groups excluding carboxylic acids is 1. The number of nitrogens with one attached hydrogen (secondary N) is 1. The van der Waals surface area contributed by atoms with Crippen LogP contribution >= 0.6 is 0 Å². The highest BCUT2D eigenvalue weighted by Crippen LogP contribution is 2.26. The quantitative estimate of drug-likeness (QED) is 0.941. The minimum Gasteiger partial charge on any atom is -0.342 e. The van der Waals surface area contributed by atoms with E-state index in [4.69, 9.17) is 0 Å². The number of amides is 1. The van der Waals surface area contributed by atoms with E-state index >= 15 is 0 Å². The highest BCUT2D eigenvalue weighted by atomic mass is 16.2. The van der Waals surface area contributed by atoms with E-state index in [1.807, 2.05) is 30.0 Å². The van der Waals surface area contributed by atoms with Gasteiger partial charge in [-0.1, -0.05) is 6.07 Å². The Labute approximate surface area is 129 Å². The minimum atomic E-state index is 0.124. The first-order chi connectivity index (χ1) is 10.6. The molecule has 1 atom stereocenters. The predicted octanol–water partition coefficient (Wildman–Crippen LogP) is 2.26. The first kappa shape index (κ1) is 14.4. The molecule has 1 amide bonds. The fourth-order valence-corrected chi connectivity index (χ4v) is 2.67. The van der Waals surface area contributed by atoms with Crippen molar-refractivity contribution in [1.82, 2.24) is 19.9 Å². The van der Waals surface area contributed by atoms with Crippen LogP contribution in [0.4, 0.5) is 11.8 Å². The summed E-state index contributed by atoms with van der Waals surface area (Å²) in [6.45, 7) is 5.13.